The number of unbranched alkanes of at least 4 members (excludes halogenated alkanes) is 5. The van der Waals surface area contributed by atoms with E-state index in [0.29, 0.717) is 12.2 Å². The molecule has 1 N–H and O–H groups in total. The molecule has 3 heteroatoms. The van der Waals surface area contributed by atoms with Crippen LogP contribution in [-0.2, 0) is 11.2 Å². The van der Waals surface area contributed by atoms with Gasteiger partial charge in [0.25, 0.3) is 0 Å². The molecule has 0 saturated carbocycles. The zero-order chi connectivity index (χ0) is 16.5. The maximum atomic E-state index is 12.0. The molecule has 2 rings (SSSR count). The monoisotopic (exact) mass is 314 g/mol. The molecule has 2 aliphatic rings. The van der Waals surface area contributed by atoms with E-state index in [-0.39, 0.29) is 5.97 Å². The maximum Gasteiger partial charge on any atom is 0.338 e. The number of hydrogen-bond acceptors (Lipinski definition) is 3. The molecule has 0 bridgehead atoms. The lowest BCUT2D eigenvalue weighted by atomic mass is 10.0. The fraction of sp³-hybridized carbons (Fsp3) is 0.450. The smallest absolute Gasteiger partial charge is 0.338 e. The van der Waals surface area contributed by atoms with Gasteiger partial charge in [0.1, 0.15) is 0 Å². The first-order chi connectivity index (χ1) is 11.3. The van der Waals surface area contributed by atoms with Gasteiger partial charge in [-0.25, -0.2) is 4.79 Å². The average molecular weight is 314 g/mol. The van der Waals surface area contributed by atoms with Crippen LogP contribution >= 0.6 is 0 Å². The summed E-state index contributed by atoms with van der Waals surface area (Å²) in [5.41, 5.74) is 4.01. The zero-order valence-electron chi connectivity index (χ0n) is 13.9. The fourth-order valence-corrected chi connectivity index (χ4v) is 3.01. The summed E-state index contributed by atoms with van der Waals surface area (Å²) in [7, 11) is 1.43. The Morgan fingerprint density at radius 2 is 1.61 bits per heavy atom. The molecule has 0 aromatic rings. The quantitative estimate of drug-likeness (QED) is 0.549. The molecular weight excluding hydrogens is 288 g/mol. The van der Waals surface area contributed by atoms with Crippen LogP contribution in [0.25, 0.3) is 11.1 Å². The second-order valence-corrected chi connectivity index (χ2v) is 5.91. The van der Waals surface area contributed by atoms with E-state index in [4.69, 9.17) is 9.84 Å². The van der Waals surface area contributed by atoms with Gasteiger partial charge in [-0.05, 0) is 42.0 Å². The molecule has 0 heterocycles. The van der Waals surface area contributed by atoms with E-state index in [1.807, 2.05) is 30.3 Å². The molecule has 0 saturated heterocycles. The van der Waals surface area contributed by atoms with Crippen molar-refractivity contribution >= 4 is 5.97 Å². The Kier molecular flexibility index (Phi) is 7.08. The van der Waals surface area contributed by atoms with Gasteiger partial charge in [-0.1, -0.05) is 56.0 Å². The third kappa shape index (κ3) is 4.80. The molecule has 0 aliphatic heterocycles. The summed E-state index contributed by atoms with van der Waals surface area (Å²) in [6, 6.07) is 12.0. The number of hydrogen-bond donors (Lipinski definition) is 1. The van der Waals surface area contributed by atoms with Crippen LogP contribution in [0.1, 0.15) is 54.4 Å². The van der Waals surface area contributed by atoms with E-state index in [9.17, 15) is 4.79 Å². The summed E-state index contributed by atoms with van der Waals surface area (Å²) in [6.45, 7) is 0.298. The molecule has 0 spiro atoms. The fourth-order valence-electron chi connectivity index (χ4n) is 3.01. The summed E-state index contributed by atoms with van der Waals surface area (Å²) in [4.78, 5) is 12.0. The van der Waals surface area contributed by atoms with E-state index < -0.39 is 0 Å². The van der Waals surface area contributed by atoms with Crippen molar-refractivity contribution in [2.24, 2.45) is 0 Å². The summed E-state index contributed by atoms with van der Waals surface area (Å²) in [5.74, 6) is -0.267. The highest BCUT2D eigenvalue weighted by molar-refractivity contribution is 6.00. The minimum Gasteiger partial charge on any atom is -0.465 e. The van der Waals surface area contributed by atoms with Crippen LogP contribution < -0.4 is 0 Å². The SMILES string of the molecule is COC(=O)c1cc(CCCCCCCCO)c2cccccc1-2. The lowest BCUT2D eigenvalue weighted by Gasteiger charge is -2.03. The van der Waals surface area contributed by atoms with Gasteiger partial charge in [-0.15, -0.1) is 0 Å². The molecule has 0 unspecified atom stereocenters. The number of esters is 1. The van der Waals surface area contributed by atoms with Gasteiger partial charge >= 0.3 is 5.97 Å². The molecule has 0 fully saturated rings. The number of carbonyl (C=O) groups is 1. The third-order valence-corrected chi connectivity index (χ3v) is 4.25. The molecule has 23 heavy (non-hydrogen) atoms. The van der Waals surface area contributed by atoms with Crippen LogP contribution in [0.2, 0.25) is 0 Å². The van der Waals surface area contributed by atoms with Crippen LogP contribution in [-0.4, -0.2) is 24.8 Å². The third-order valence-electron chi connectivity index (χ3n) is 4.25. The van der Waals surface area contributed by atoms with Crippen molar-refractivity contribution in [3.63, 3.8) is 0 Å². The minimum absolute atomic E-state index is 0.267. The van der Waals surface area contributed by atoms with Crippen molar-refractivity contribution in [3.05, 3.63) is 47.5 Å². The minimum atomic E-state index is -0.267. The standard InChI is InChI=1S/C20H26O3/c1-23-20(22)19-15-16(11-7-4-2-3-5-10-14-21)17-12-8-6-9-13-18(17)19/h6,8-9,12-13,15,21H,2-5,7,10-11,14H2,1H3. The number of fused-ring (bicyclic) bond motifs is 1. The first-order valence-corrected chi connectivity index (χ1v) is 8.47. The number of carbonyl (C=O) groups excluding carboxylic acids is 1. The van der Waals surface area contributed by atoms with Gasteiger partial charge in [0.2, 0.25) is 0 Å². The molecule has 0 atom stereocenters. The Balaban J connectivity index is 1.99. The summed E-state index contributed by atoms with van der Waals surface area (Å²) in [6.07, 6.45) is 7.70. The molecule has 0 radical (unpaired) electrons. The number of rotatable bonds is 9. The molecule has 124 valence electrons. The topological polar surface area (TPSA) is 46.5 Å². The van der Waals surface area contributed by atoms with Crippen molar-refractivity contribution in [2.45, 2.75) is 44.9 Å². The lowest BCUT2D eigenvalue weighted by molar-refractivity contribution is 0.0602. The van der Waals surface area contributed by atoms with Crippen LogP contribution in [0, 0.1) is 0 Å². The van der Waals surface area contributed by atoms with Crippen LogP contribution in [0.3, 0.4) is 0 Å². The van der Waals surface area contributed by atoms with Gasteiger partial charge in [-0.2, -0.15) is 0 Å². The Labute approximate surface area is 138 Å². The Bertz CT molecular complexity index is 592. The number of aliphatic hydroxyl groups is 1. The van der Waals surface area contributed by atoms with E-state index >= 15 is 0 Å². The highest BCUT2D eigenvalue weighted by Gasteiger charge is 2.19. The first kappa shape index (κ1) is 17.5. The van der Waals surface area contributed by atoms with E-state index in [1.165, 1.54) is 31.9 Å². The van der Waals surface area contributed by atoms with Gasteiger partial charge in [0, 0.05) is 6.61 Å². The summed E-state index contributed by atoms with van der Waals surface area (Å²) >= 11 is 0. The molecule has 2 aliphatic carbocycles. The van der Waals surface area contributed by atoms with E-state index in [0.717, 1.165) is 36.8 Å². The molecular formula is C20H26O3. The number of aryl methyl sites for hydroxylation is 1. The lowest BCUT2D eigenvalue weighted by Crippen LogP contribution is -1.99. The first-order valence-electron chi connectivity index (χ1n) is 8.47. The summed E-state index contributed by atoms with van der Waals surface area (Å²) in [5, 5.41) is 8.77. The predicted octanol–water partition coefficient (Wildman–Crippen LogP) is 4.45. The number of aliphatic hydroxyl groups excluding tert-OH is 1. The highest BCUT2D eigenvalue weighted by atomic mass is 16.5. The van der Waals surface area contributed by atoms with Crippen molar-refractivity contribution in [1.82, 2.24) is 0 Å². The second kappa shape index (κ2) is 9.31. The molecule has 3 nitrogen and oxygen atoms in total. The molecule has 0 aromatic heterocycles. The van der Waals surface area contributed by atoms with Crippen LogP contribution in [0.15, 0.2) is 36.4 Å². The zero-order valence-corrected chi connectivity index (χ0v) is 13.9. The van der Waals surface area contributed by atoms with E-state index in [2.05, 4.69) is 6.07 Å². The predicted molar refractivity (Wildman–Crippen MR) is 92.9 cm³/mol. The van der Waals surface area contributed by atoms with Crippen molar-refractivity contribution in [1.29, 1.82) is 0 Å². The van der Waals surface area contributed by atoms with Crippen molar-refractivity contribution in [3.8, 4) is 11.1 Å². The average Bonchev–Trinajstić information content (AvgIpc) is 2.74. The maximum absolute atomic E-state index is 12.0. The number of methoxy groups -OCH3 is 1. The highest BCUT2D eigenvalue weighted by Crippen LogP contribution is 2.33. The van der Waals surface area contributed by atoms with Crippen molar-refractivity contribution < 1.29 is 14.6 Å². The van der Waals surface area contributed by atoms with Gasteiger partial charge in [-0.3, -0.25) is 0 Å². The Morgan fingerprint density at radius 1 is 0.957 bits per heavy atom. The van der Waals surface area contributed by atoms with Gasteiger partial charge < -0.3 is 9.84 Å². The van der Waals surface area contributed by atoms with Crippen LogP contribution in [0.4, 0.5) is 0 Å². The van der Waals surface area contributed by atoms with Gasteiger partial charge in [0.05, 0.1) is 12.7 Å². The van der Waals surface area contributed by atoms with E-state index in [1.54, 1.807) is 0 Å². The molecule has 0 aromatic carbocycles. The Hall–Kier alpha value is -1.87. The summed E-state index contributed by atoms with van der Waals surface area (Å²) < 4.78 is 4.91. The second-order valence-electron chi connectivity index (χ2n) is 5.91. The van der Waals surface area contributed by atoms with Crippen molar-refractivity contribution in [2.75, 3.05) is 13.7 Å². The van der Waals surface area contributed by atoms with Crippen LogP contribution in [0.5, 0.6) is 0 Å². The number of ether oxygens (including phenoxy) is 1. The largest absolute Gasteiger partial charge is 0.465 e. The molecule has 0 amide bonds. The Morgan fingerprint density at radius 3 is 2.30 bits per heavy atom. The van der Waals surface area contributed by atoms with Gasteiger partial charge in [0.15, 0.2) is 0 Å². The normalized spacial score (nSPS) is 10.9.